The topological polar surface area (TPSA) is 79.4 Å². The fourth-order valence-electron chi connectivity index (χ4n) is 3.03. The second kappa shape index (κ2) is 7.99. The van der Waals surface area contributed by atoms with E-state index in [4.69, 9.17) is 21.1 Å². The van der Waals surface area contributed by atoms with E-state index in [1.807, 2.05) is 0 Å². The van der Waals surface area contributed by atoms with Crippen molar-refractivity contribution in [1.82, 2.24) is 14.1 Å². The third kappa shape index (κ3) is 3.90. The van der Waals surface area contributed by atoms with E-state index in [1.165, 1.54) is 29.6 Å². The van der Waals surface area contributed by atoms with Crippen molar-refractivity contribution in [2.75, 3.05) is 59.6 Å². The number of nitrogens with zero attached hydrogens (tertiary/aromatic N) is 3. The fraction of sp³-hybridized carbons (Fsp3) is 0.562. The van der Waals surface area contributed by atoms with Crippen molar-refractivity contribution in [3.05, 3.63) is 23.2 Å². The van der Waals surface area contributed by atoms with Gasteiger partial charge in [-0.1, -0.05) is 11.6 Å². The molecule has 0 unspecified atom stereocenters. The summed E-state index contributed by atoms with van der Waals surface area (Å²) in [6, 6.07) is 4.34. The van der Waals surface area contributed by atoms with Gasteiger partial charge >= 0.3 is 6.03 Å². The Balaban J connectivity index is 1.65. The molecule has 0 saturated carbocycles. The Morgan fingerprint density at radius 1 is 1.08 bits per heavy atom. The summed E-state index contributed by atoms with van der Waals surface area (Å²) in [4.78, 5) is 16.1. The predicted molar refractivity (Wildman–Crippen MR) is 96.1 cm³/mol. The van der Waals surface area contributed by atoms with Gasteiger partial charge in [0.2, 0.25) is 10.0 Å². The Bertz CT molecular complexity index is 759. The average molecular weight is 404 g/mol. The minimum Gasteiger partial charge on any atom is -0.495 e. The third-order valence-electron chi connectivity index (χ3n) is 4.55. The molecule has 2 saturated heterocycles. The maximum absolute atomic E-state index is 12.8. The second-order valence-electron chi connectivity index (χ2n) is 6.07. The smallest absolute Gasteiger partial charge is 0.320 e. The summed E-state index contributed by atoms with van der Waals surface area (Å²) in [7, 11) is -2.19. The zero-order valence-corrected chi connectivity index (χ0v) is 16.1. The summed E-state index contributed by atoms with van der Waals surface area (Å²) >= 11 is 6.05. The Labute approximate surface area is 158 Å². The number of piperazine rings is 1. The van der Waals surface area contributed by atoms with E-state index < -0.39 is 10.0 Å². The van der Waals surface area contributed by atoms with Gasteiger partial charge in [0.25, 0.3) is 0 Å². The number of benzene rings is 1. The number of carbonyl (C=O) groups excluding carboxylic acids is 1. The van der Waals surface area contributed by atoms with Crippen LogP contribution in [0.1, 0.15) is 0 Å². The molecule has 2 heterocycles. The van der Waals surface area contributed by atoms with E-state index in [0.29, 0.717) is 45.1 Å². The number of sulfonamides is 1. The lowest BCUT2D eigenvalue weighted by molar-refractivity contribution is 0.0405. The first-order valence-electron chi connectivity index (χ1n) is 8.39. The summed E-state index contributed by atoms with van der Waals surface area (Å²) < 4.78 is 37.3. The number of amides is 2. The highest BCUT2D eigenvalue weighted by molar-refractivity contribution is 7.89. The molecule has 0 aliphatic carbocycles. The molecule has 2 aliphatic heterocycles. The summed E-state index contributed by atoms with van der Waals surface area (Å²) in [5.41, 5.74) is 0. The number of halogens is 1. The first-order valence-corrected chi connectivity index (χ1v) is 10.2. The molecule has 10 heteroatoms. The van der Waals surface area contributed by atoms with Gasteiger partial charge in [-0.05, 0) is 18.2 Å². The number of ether oxygens (including phenoxy) is 2. The van der Waals surface area contributed by atoms with Gasteiger partial charge in [0, 0.05) is 39.3 Å². The molecule has 1 aromatic rings. The van der Waals surface area contributed by atoms with Gasteiger partial charge in [0.05, 0.1) is 30.2 Å². The number of methoxy groups -OCH3 is 1. The highest BCUT2D eigenvalue weighted by atomic mass is 35.5. The van der Waals surface area contributed by atoms with E-state index in [1.54, 1.807) is 9.80 Å². The predicted octanol–water partition coefficient (Wildman–Crippen LogP) is 1.11. The van der Waals surface area contributed by atoms with E-state index >= 15 is 0 Å². The normalized spacial score (nSPS) is 19.5. The molecule has 2 fully saturated rings. The van der Waals surface area contributed by atoms with Crippen LogP contribution in [0.25, 0.3) is 0 Å². The second-order valence-corrected chi connectivity index (χ2v) is 8.41. The molecule has 0 N–H and O–H groups in total. The molecule has 2 aliphatic rings. The van der Waals surface area contributed by atoms with E-state index in [9.17, 15) is 13.2 Å². The molecule has 0 atom stereocenters. The van der Waals surface area contributed by atoms with Crippen LogP contribution in [0.2, 0.25) is 5.02 Å². The van der Waals surface area contributed by atoms with Gasteiger partial charge < -0.3 is 19.3 Å². The van der Waals surface area contributed by atoms with Crippen LogP contribution in [0.5, 0.6) is 5.75 Å². The molecule has 2 amide bonds. The number of carbonyl (C=O) groups is 1. The number of rotatable bonds is 3. The summed E-state index contributed by atoms with van der Waals surface area (Å²) in [6.07, 6.45) is 0. The van der Waals surface area contributed by atoms with Gasteiger partial charge in [-0.2, -0.15) is 4.31 Å². The lowest BCUT2D eigenvalue weighted by Gasteiger charge is -2.38. The van der Waals surface area contributed by atoms with Crippen molar-refractivity contribution >= 4 is 27.7 Å². The summed E-state index contributed by atoms with van der Waals surface area (Å²) in [5.74, 6) is 0.423. The van der Waals surface area contributed by atoms with E-state index in [2.05, 4.69) is 0 Å². The molecule has 26 heavy (non-hydrogen) atoms. The first kappa shape index (κ1) is 19.2. The molecule has 0 bridgehead atoms. The first-order chi connectivity index (χ1) is 12.4. The van der Waals surface area contributed by atoms with Gasteiger partial charge in [-0.15, -0.1) is 0 Å². The molecule has 1 aromatic carbocycles. The standard InChI is InChI=1S/C16H22ClN3O5S/c1-24-15-3-2-13(12-14(15)17)26(22,23)20-6-4-18(5-7-20)16(21)19-8-10-25-11-9-19/h2-3,12H,4-11H2,1H3. The number of urea groups is 1. The van der Waals surface area contributed by atoms with Crippen LogP contribution in [0.3, 0.4) is 0 Å². The van der Waals surface area contributed by atoms with Crippen LogP contribution in [0.4, 0.5) is 4.79 Å². The molecule has 3 rings (SSSR count). The van der Waals surface area contributed by atoms with Crippen LogP contribution in [-0.2, 0) is 14.8 Å². The Morgan fingerprint density at radius 2 is 1.69 bits per heavy atom. The lowest BCUT2D eigenvalue weighted by atomic mass is 10.3. The van der Waals surface area contributed by atoms with E-state index in [-0.39, 0.29) is 29.0 Å². The van der Waals surface area contributed by atoms with Crippen molar-refractivity contribution in [3.63, 3.8) is 0 Å². The van der Waals surface area contributed by atoms with Crippen LogP contribution in [0, 0.1) is 0 Å². The van der Waals surface area contributed by atoms with Crippen molar-refractivity contribution in [2.45, 2.75) is 4.90 Å². The Hall–Kier alpha value is -1.55. The zero-order valence-electron chi connectivity index (χ0n) is 14.6. The summed E-state index contributed by atoms with van der Waals surface area (Å²) in [5, 5.41) is 0.245. The van der Waals surface area contributed by atoms with Gasteiger partial charge in [0.15, 0.2) is 0 Å². The molecule has 8 nitrogen and oxygen atoms in total. The maximum Gasteiger partial charge on any atom is 0.320 e. The molecule has 0 aromatic heterocycles. The van der Waals surface area contributed by atoms with E-state index in [0.717, 1.165) is 0 Å². The largest absolute Gasteiger partial charge is 0.495 e. The Morgan fingerprint density at radius 3 is 2.27 bits per heavy atom. The summed E-state index contributed by atoms with van der Waals surface area (Å²) in [6.45, 7) is 3.45. The van der Waals surface area contributed by atoms with Crippen LogP contribution in [-0.4, -0.2) is 88.1 Å². The Kier molecular flexibility index (Phi) is 5.91. The molecule has 144 valence electrons. The van der Waals surface area contributed by atoms with Gasteiger partial charge in [-0.25, -0.2) is 13.2 Å². The van der Waals surface area contributed by atoms with Crippen molar-refractivity contribution in [2.24, 2.45) is 0 Å². The van der Waals surface area contributed by atoms with Crippen LogP contribution in [0.15, 0.2) is 23.1 Å². The SMILES string of the molecule is COc1ccc(S(=O)(=O)N2CCN(C(=O)N3CCOCC3)CC2)cc1Cl. The fourth-order valence-corrected chi connectivity index (χ4v) is 4.80. The van der Waals surface area contributed by atoms with Crippen LogP contribution >= 0.6 is 11.6 Å². The molecule has 0 spiro atoms. The minimum absolute atomic E-state index is 0.0576. The number of hydrogen-bond donors (Lipinski definition) is 0. The van der Waals surface area contributed by atoms with Crippen LogP contribution < -0.4 is 4.74 Å². The van der Waals surface area contributed by atoms with Crippen molar-refractivity contribution in [3.8, 4) is 5.75 Å². The third-order valence-corrected chi connectivity index (χ3v) is 6.74. The van der Waals surface area contributed by atoms with Crippen molar-refractivity contribution in [1.29, 1.82) is 0 Å². The highest BCUT2D eigenvalue weighted by Gasteiger charge is 2.32. The van der Waals surface area contributed by atoms with Gasteiger partial charge in [0.1, 0.15) is 5.75 Å². The average Bonchev–Trinajstić information content (AvgIpc) is 2.68. The molecular formula is C16H22ClN3O5S. The number of hydrogen-bond acceptors (Lipinski definition) is 5. The molecule has 0 radical (unpaired) electrons. The van der Waals surface area contributed by atoms with Crippen molar-refractivity contribution < 1.29 is 22.7 Å². The zero-order chi connectivity index (χ0) is 18.7. The minimum atomic E-state index is -3.66. The molecular weight excluding hydrogens is 382 g/mol. The maximum atomic E-state index is 12.8. The lowest BCUT2D eigenvalue weighted by Crippen LogP contribution is -2.55. The monoisotopic (exact) mass is 403 g/mol. The van der Waals surface area contributed by atoms with Gasteiger partial charge in [-0.3, -0.25) is 0 Å². The quantitative estimate of drug-likeness (QED) is 0.755. The highest BCUT2D eigenvalue weighted by Crippen LogP contribution is 2.28. The number of morpholine rings is 1.